The van der Waals surface area contributed by atoms with Gasteiger partial charge in [0.15, 0.2) is 0 Å². The van der Waals surface area contributed by atoms with Crippen LogP contribution in [0.1, 0.15) is 33.1 Å². The lowest BCUT2D eigenvalue weighted by Crippen LogP contribution is -2.48. The molecular formula is C7H15NO. The SMILES string of the molecule is CC1(C)CCCC1(N)O. The Bertz CT molecular complexity index is 104. The van der Waals surface area contributed by atoms with Gasteiger partial charge in [-0.3, -0.25) is 0 Å². The minimum absolute atomic E-state index is 0.0764. The number of nitrogens with two attached hydrogens (primary N) is 1. The molecule has 1 aliphatic rings. The molecule has 2 heteroatoms. The Balaban J connectivity index is 2.75. The average molecular weight is 129 g/mol. The van der Waals surface area contributed by atoms with E-state index in [-0.39, 0.29) is 5.41 Å². The lowest BCUT2D eigenvalue weighted by atomic mass is 9.85. The number of hydrogen-bond donors (Lipinski definition) is 2. The Morgan fingerprint density at radius 1 is 1.33 bits per heavy atom. The molecule has 1 rings (SSSR count). The smallest absolute Gasteiger partial charge is 0.118 e. The summed E-state index contributed by atoms with van der Waals surface area (Å²) in [6.45, 7) is 4.03. The highest BCUT2D eigenvalue weighted by molar-refractivity contribution is 4.93. The normalized spacial score (nSPS) is 41.3. The number of aliphatic hydroxyl groups is 1. The van der Waals surface area contributed by atoms with Crippen molar-refractivity contribution >= 4 is 0 Å². The highest BCUT2D eigenvalue weighted by atomic mass is 16.3. The van der Waals surface area contributed by atoms with Crippen LogP contribution in [0.5, 0.6) is 0 Å². The summed E-state index contributed by atoms with van der Waals surface area (Å²) in [6.07, 6.45) is 2.85. The van der Waals surface area contributed by atoms with Crippen molar-refractivity contribution in [3.05, 3.63) is 0 Å². The fourth-order valence-electron chi connectivity index (χ4n) is 1.35. The second-order valence-electron chi connectivity index (χ2n) is 3.66. The molecule has 0 amide bonds. The molecule has 1 aliphatic carbocycles. The number of hydrogen-bond acceptors (Lipinski definition) is 2. The van der Waals surface area contributed by atoms with Crippen LogP contribution in [0.3, 0.4) is 0 Å². The first-order valence-electron chi connectivity index (χ1n) is 3.47. The molecule has 0 aromatic heterocycles. The summed E-state index contributed by atoms with van der Waals surface area (Å²) in [4.78, 5) is 0. The Labute approximate surface area is 56.1 Å². The second-order valence-corrected chi connectivity index (χ2v) is 3.66. The first-order chi connectivity index (χ1) is 3.96. The van der Waals surface area contributed by atoms with Gasteiger partial charge in [0.2, 0.25) is 0 Å². The summed E-state index contributed by atoms with van der Waals surface area (Å²) < 4.78 is 0. The maximum Gasteiger partial charge on any atom is 0.118 e. The molecule has 1 fully saturated rings. The number of rotatable bonds is 0. The molecule has 1 unspecified atom stereocenters. The van der Waals surface area contributed by atoms with E-state index in [1.54, 1.807) is 0 Å². The lowest BCUT2D eigenvalue weighted by molar-refractivity contribution is -0.0367. The highest BCUT2D eigenvalue weighted by Gasteiger charge is 2.44. The van der Waals surface area contributed by atoms with E-state index < -0.39 is 5.72 Å². The minimum Gasteiger partial charge on any atom is -0.376 e. The molecule has 3 N–H and O–H groups in total. The standard InChI is InChI=1S/C7H15NO/c1-6(2)4-3-5-7(6,8)9/h9H,3-5,8H2,1-2H3. The zero-order valence-corrected chi connectivity index (χ0v) is 6.15. The van der Waals surface area contributed by atoms with Gasteiger partial charge in [0.1, 0.15) is 5.72 Å². The third-order valence-electron chi connectivity index (χ3n) is 2.53. The van der Waals surface area contributed by atoms with Crippen LogP contribution in [-0.4, -0.2) is 10.8 Å². The fraction of sp³-hybridized carbons (Fsp3) is 1.00. The highest BCUT2D eigenvalue weighted by Crippen LogP contribution is 2.42. The van der Waals surface area contributed by atoms with Crippen molar-refractivity contribution in [2.24, 2.45) is 11.1 Å². The van der Waals surface area contributed by atoms with Crippen molar-refractivity contribution in [3.8, 4) is 0 Å². The zero-order chi connectivity index (χ0) is 7.12. The van der Waals surface area contributed by atoms with E-state index in [9.17, 15) is 5.11 Å². The van der Waals surface area contributed by atoms with Gasteiger partial charge in [-0.1, -0.05) is 13.8 Å². The van der Waals surface area contributed by atoms with Crippen molar-refractivity contribution < 1.29 is 5.11 Å². The monoisotopic (exact) mass is 129 g/mol. The molecule has 1 saturated carbocycles. The van der Waals surface area contributed by atoms with E-state index in [1.807, 2.05) is 13.8 Å². The summed E-state index contributed by atoms with van der Waals surface area (Å²) in [5.41, 5.74) is 4.62. The molecular weight excluding hydrogens is 114 g/mol. The summed E-state index contributed by atoms with van der Waals surface area (Å²) >= 11 is 0. The summed E-state index contributed by atoms with van der Waals surface area (Å²) in [6, 6.07) is 0. The van der Waals surface area contributed by atoms with E-state index in [0.29, 0.717) is 0 Å². The van der Waals surface area contributed by atoms with E-state index in [0.717, 1.165) is 19.3 Å². The maximum absolute atomic E-state index is 9.50. The van der Waals surface area contributed by atoms with E-state index in [4.69, 9.17) is 5.73 Å². The molecule has 2 nitrogen and oxygen atoms in total. The second kappa shape index (κ2) is 1.70. The fourth-order valence-corrected chi connectivity index (χ4v) is 1.35. The van der Waals surface area contributed by atoms with E-state index >= 15 is 0 Å². The summed E-state index contributed by atoms with van der Waals surface area (Å²) in [7, 11) is 0. The van der Waals surface area contributed by atoms with Gasteiger partial charge in [-0.15, -0.1) is 0 Å². The Kier molecular flexibility index (Phi) is 1.33. The first kappa shape index (κ1) is 7.03. The maximum atomic E-state index is 9.50. The van der Waals surface area contributed by atoms with Crippen LogP contribution >= 0.6 is 0 Å². The third kappa shape index (κ3) is 0.970. The summed E-state index contributed by atoms with van der Waals surface area (Å²) in [5.74, 6) is 0. The average Bonchev–Trinajstić information content (AvgIpc) is 1.81. The van der Waals surface area contributed by atoms with Crippen molar-refractivity contribution in [1.82, 2.24) is 0 Å². The van der Waals surface area contributed by atoms with Gasteiger partial charge in [-0.2, -0.15) is 0 Å². The van der Waals surface area contributed by atoms with Crippen LogP contribution in [0, 0.1) is 5.41 Å². The molecule has 0 spiro atoms. The Hall–Kier alpha value is -0.0800. The van der Waals surface area contributed by atoms with Crippen molar-refractivity contribution in [3.63, 3.8) is 0 Å². The van der Waals surface area contributed by atoms with Gasteiger partial charge >= 0.3 is 0 Å². The third-order valence-corrected chi connectivity index (χ3v) is 2.53. The molecule has 0 aliphatic heterocycles. The van der Waals surface area contributed by atoms with Gasteiger partial charge in [0.25, 0.3) is 0 Å². The topological polar surface area (TPSA) is 46.2 Å². The first-order valence-corrected chi connectivity index (χ1v) is 3.47. The van der Waals surface area contributed by atoms with Crippen LogP contribution < -0.4 is 5.73 Å². The largest absolute Gasteiger partial charge is 0.376 e. The van der Waals surface area contributed by atoms with Gasteiger partial charge in [-0.25, -0.2) is 0 Å². The molecule has 9 heavy (non-hydrogen) atoms. The summed E-state index contributed by atoms with van der Waals surface area (Å²) in [5, 5.41) is 9.50. The van der Waals surface area contributed by atoms with E-state index in [1.165, 1.54) is 0 Å². The molecule has 0 heterocycles. The predicted molar refractivity (Wildman–Crippen MR) is 36.8 cm³/mol. The van der Waals surface area contributed by atoms with Crippen molar-refractivity contribution in [2.45, 2.75) is 38.8 Å². The molecule has 0 aromatic rings. The van der Waals surface area contributed by atoms with E-state index in [2.05, 4.69) is 0 Å². The van der Waals surface area contributed by atoms with Gasteiger partial charge in [-0.05, 0) is 19.3 Å². The van der Waals surface area contributed by atoms with Gasteiger partial charge in [0, 0.05) is 5.41 Å². The molecule has 1 atom stereocenters. The minimum atomic E-state index is -0.910. The Morgan fingerprint density at radius 2 is 1.89 bits per heavy atom. The molecule has 0 aromatic carbocycles. The van der Waals surface area contributed by atoms with Crippen LogP contribution in [0.4, 0.5) is 0 Å². The molecule has 0 radical (unpaired) electrons. The van der Waals surface area contributed by atoms with Crippen LogP contribution in [-0.2, 0) is 0 Å². The van der Waals surface area contributed by atoms with Crippen LogP contribution in [0.2, 0.25) is 0 Å². The molecule has 0 saturated heterocycles. The van der Waals surface area contributed by atoms with Crippen molar-refractivity contribution in [2.75, 3.05) is 0 Å². The van der Waals surface area contributed by atoms with Crippen LogP contribution in [0.25, 0.3) is 0 Å². The quantitative estimate of drug-likeness (QED) is 0.476. The predicted octanol–water partition coefficient (Wildman–Crippen LogP) is 0.844. The zero-order valence-electron chi connectivity index (χ0n) is 6.15. The van der Waals surface area contributed by atoms with Gasteiger partial charge in [0.05, 0.1) is 0 Å². The molecule has 0 bridgehead atoms. The lowest BCUT2D eigenvalue weighted by Gasteiger charge is -2.32. The van der Waals surface area contributed by atoms with Crippen LogP contribution in [0.15, 0.2) is 0 Å². The van der Waals surface area contributed by atoms with Crippen molar-refractivity contribution in [1.29, 1.82) is 0 Å². The van der Waals surface area contributed by atoms with Gasteiger partial charge < -0.3 is 10.8 Å². The Morgan fingerprint density at radius 3 is 2.00 bits per heavy atom. The molecule has 54 valence electrons.